The summed E-state index contributed by atoms with van der Waals surface area (Å²) >= 11 is 0.892. The van der Waals surface area contributed by atoms with Crippen LogP contribution < -0.4 is 10.0 Å². The van der Waals surface area contributed by atoms with Crippen LogP contribution in [0.5, 0.6) is 0 Å². The Hall–Kier alpha value is -4.23. The second-order valence-corrected chi connectivity index (χ2v) is 10.4. The maximum Gasteiger partial charge on any atom is 0.273 e. The molecule has 0 saturated carbocycles. The Morgan fingerprint density at radius 1 is 1.00 bits per heavy atom. The Labute approximate surface area is 204 Å². The van der Waals surface area contributed by atoms with E-state index in [1.165, 1.54) is 6.92 Å². The van der Waals surface area contributed by atoms with Crippen LogP contribution in [0.1, 0.15) is 12.6 Å². The smallest absolute Gasteiger partial charge is 0.273 e. The van der Waals surface area contributed by atoms with Gasteiger partial charge < -0.3 is 5.32 Å². The van der Waals surface area contributed by atoms with E-state index in [0.717, 1.165) is 16.9 Å². The molecule has 0 fully saturated rings. The molecule has 2 N–H and O–H groups in total. The van der Waals surface area contributed by atoms with Gasteiger partial charge in [0.1, 0.15) is 5.69 Å². The topological polar surface area (TPSA) is 144 Å². The SMILES string of the molecule is CC(=O)Nc1nc(C)c(S(=O)(=O)Nc2ccc(-c3ccc4nnc(-c5ccccn5)n4n3)cc2)s1. The van der Waals surface area contributed by atoms with E-state index in [1.807, 2.05) is 24.3 Å². The van der Waals surface area contributed by atoms with Crippen LogP contribution in [0, 0.1) is 6.92 Å². The number of sulfonamides is 1. The Kier molecular flexibility index (Phi) is 5.70. The minimum atomic E-state index is -3.88. The summed E-state index contributed by atoms with van der Waals surface area (Å²) in [4.78, 5) is 19.7. The molecular weight excluding hydrogens is 488 g/mol. The van der Waals surface area contributed by atoms with E-state index in [-0.39, 0.29) is 15.2 Å². The molecule has 1 amide bonds. The first-order chi connectivity index (χ1) is 16.8. The van der Waals surface area contributed by atoms with Crippen molar-refractivity contribution >= 4 is 43.7 Å². The molecule has 0 radical (unpaired) electrons. The molecule has 0 atom stereocenters. The number of thiazole rings is 1. The summed E-state index contributed by atoms with van der Waals surface area (Å²) in [6.45, 7) is 2.91. The molecule has 0 saturated heterocycles. The highest BCUT2D eigenvalue weighted by Gasteiger charge is 2.22. The molecule has 0 bridgehead atoms. The van der Waals surface area contributed by atoms with E-state index in [9.17, 15) is 13.2 Å². The fourth-order valence-corrected chi connectivity index (χ4v) is 5.86. The molecule has 13 heteroatoms. The number of aryl methyl sites for hydroxylation is 1. The lowest BCUT2D eigenvalue weighted by Gasteiger charge is -2.08. The van der Waals surface area contributed by atoms with Gasteiger partial charge >= 0.3 is 0 Å². The van der Waals surface area contributed by atoms with Gasteiger partial charge in [0, 0.05) is 24.4 Å². The summed E-state index contributed by atoms with van der Waals surface area (Å²) in [5, 5.41) is 15.7. The molecule has 11 nitrogen and oxygen atoms in total. The molecule has 0 aliphatic rings. The summed E-state index contributed by atoms with van der Waals surface area (Å²) in [5.74, 6) is 0.196. The third-order valence-corrected chi connectivity index (χ3v) is 7.93. The summed E-state index contributed by atoms with van der Waals surface area (Å²) in [5.41, 5.74) is 3.34. The highest BCUT2D eigenvalue weighted by Crippen LogP contribution is 2.29. The van der Waals surface area contributed by atoms with Gasteiger partial charge in [0.2, 0.25) is 11.7 Å². The van der Waals surface area contributed by atoms with Crippen molar-refractivity contribution in [3.63, 3.8) is 0 Å². The van der Waals surface area contributed by atoms with Crippen LogP contribution in [0.3, 0.4) is 0 Å². The van der Waals surface area contributed by atoms with Crippen molar-refractivity contribution < 1.29 is 13.2 Å². The van der Waals surface area contributed by atoms with Crippen molar-refractivity contribution in [3.05, 3.63) is 66.5 Å². The Balaban J connectivity index is 1.40. The van der Waals surface area contributed by atoms with E-state index in [2.05, 4.69) is 35.3 Å². The first-order valence-electron chi connectivity index (χ1n) is 10.3. The molecule has 0 unspecified atom stereocenters. The summed E-state index contributed by atoms with van der Waals surface area (Å²) in [6.07, 6.45) is 1.68. The Bertz CT molecular complexity index is 1650. The molecule has 35 heavy (non-hydrogen) atoms. The minimum Gasteiger partial charge on any atom is -0.302 e. The highest BCUT2D eigenvalue weighted by atomic mass is 32.2. The third kappa shape index (κ3) is 4.58. The van der Waals surface area contributed by atoms with E-state index < -0.39 is 10.0 Å². The number of benzene rings is 1. The average molecular weight is 507 g/mol. The Morgan fingerprint density at radius 2 is 1.80 bits per heavy atom. The zero-order valence-electron chi connectivity index (χ0n) is 18.5. The first-order valence-corrected chi connectivity index (χ1v) is 12.6. The third-order valence-electron chi connectivity index (χ3n) is 4.87. The van der Waals surface area contributed by atoms with E-state index >= 15 is 0 Å². The van der Waals surface area contributed by atoms with Gasteiger partial charge in [-0.15, -0.1) is 10.2 Å². The number of carbonyl (C=O) groups excluding carboxylic acids is 1. The lowest BCUT2D eigenvalue weighted by atomic mass is 10.1. The second-order valence-electron chi connectivity index (χ2n) is 7.48. The van der Waals surface area contributed by atoms with Crippen molar-refractivity contribution in [2.24, 2.45) is 0 Å². The van der Waals surface area contributed by atoms with Gasteiger partial charge in [-0.05, 0) is 43.3 Å². The predicted octanol–water partition coefficient (Wildman–Crippen LogP) is 3.38. The van der Waals surface area contributed by atoms with Crippen LogP contribution >= 0.6 is 11.3 Å². The van der Waals surface area contributed by atoms with Gasteiger partial charge in [-0.2, -0.15) is 9.61 Å². The summed E-state index contributed by atoms with van der Waals surface area (Å²) in [7, 11) is -3.88. The zero-order chi connectivity index (χ0) is 24.6. The molecule has 5 rings (SSSR count). The summed E-state index contributed by atoms with van der Waals surface area (Å²) in [6, 6.07) is 16.0. The average Bonchev–Trinajstić information content (AvgIpc) is 3.42. The predicted molar refractivity (Wildman–Crippen MR) is 131 cm³/mol. The number of rotatable bonds is 6. The summed E-state index contributed by atoms with van der Waals surface area (Å²) < 4.78 is 30.0. The fourth-order valence-electron chi connectivity index (χ4n) is 3.34. The highest BCUT2D eigenvalue weighted by molar-refractivity contribution is 7.94. The number of pyridine rings is 1. The minimum absolute atomic E-state index is 0.0344. The normalized spacial score (nSPS) is 11.5. The largest absolute Gasteiger partial charge is 0.302 e. The number of nitrogens with zero attached hydrogens (tertiary/aromatic N) is 6. The molecule has 4 heterocycles. The lowest BCUT2D eigenvalue weighted by Crippen LogP contribution is -2.12. The Morgan fingerprint density at radius 3 is 2.51 bits per heavy atom. The quantitative estimate of drug-likeness (QED) is 0.357. The van der Waals surface area contributed by atoms with Gasteiger partial charge in [0.15, 0.2) is 15.0 Å². The number of carbonyl (C=O) groups is 1. The second kappa shape index (κ2) is 8.85. The van der Waals surface area contributed by atoms with Crippen molar-refractivity contribution in [1.82, 2.24) is 29.8 Å². The number of anilines is 2. The molecule has 4 aromatic heterocycles. The van der Waals surface area contributed by atoms with Gasteiger partial charge in [-0.1, -0.05) is 29.5 Å². The number of fused-ring (bicyclic) bond motifs is 1. The molecule has 5 aromatic rings. The molecule has 0 aliphatic heterocycles. The molecule has 0 aliphatic carbocycles. The number of aromatic nitrogens is 6. The fraction of sp³-hybridized carbons (Fsp3) is 0.0909. The van der Waals surface area contributed by atoms with Crippen LogP contribution in [0.4, 0.5) is 10.8 Å². The van der Waals surface area contributed by atoms with E-state index in [1.54, 1.807) is 48.0 Å². The standard InChI is InChI=1S/C22H18N8O3S2/c1-13-21(34-22(24-13)25-14(2)31)35(32,33)29-16-8-6-15(7-9-16)17-10-11-19-26-27-20(30(19)28-17)18-5-3-4-12-23-18/h3-12,29H,1-2H3,(H,24,25,31). The number of amides is 1. The number of hydrogen-bond donors (Lipinski definition) is 2. The van der Waals surface area contributed by atoms with Crippen molar-refractivity contribution in [2.45, 2.75) is 18.1 Å². The van der Waals surface area contributed by atoms with Crippen LogP contribution in [0.25, 0.3) is 28.4 Å². The maximum absolute atomic E-state index is 12.9. The molecule has 176 valence electrons. The van der Waals surface area contributed by atoms with Crippen molar-refractivity contribution in [2.75, 3.05) is 10.0 Å². The van der Waals surface area contributed by atoms with Gasteiger partial charge in [0.25, 0.3) is 10.0 Å². The van der Waals surface area contributed by atoms with Crippen LogP contribution in [-0.2, 0) is 14.8 Å². The van der Waals surface area contributed by atoms with E-state index in [0.29, 0.717) is 34.2 Å². The van der Waals surface area contributed by atoms with Gasteiger partial charge in [-0.3, -0.25) is 14.5 Å². The number of hydrogen-bond acceptors (Lipinski definition) is 9. The van der Waals surface area contributed by atoms with Gasteiger partial charge in [-0.25, -0.2) is 13.4 Å². The van der Waals surface area contributed by atoms with Crippen LogP contribution in [0.15, 0.2) is 65.0 Å². The van der Waals surface area contributed by atoms with Gasteiger partial charge in [0.05, 0.1) is 11.4 Å². The zero-order valence-corrected chi connectivity index (χ0v) is 20.1. The lowest BCUT2D eigenvalue weighted by molar-refractivity contribution is -0.114. The first kappa shape index (κ1) is 22.6. The van der Waals surface area contributed by atoms with Crippen molar-refractivity contribution in [3.8, 4) is 22.8 Å². The molecular formula is C22H18N8O3S2. The van der Waals surface area contributed by atoms with Crippen LogP contribution in [0.2, 0.25) is 0 Å². The molecule has 0 spiro atoms. The van der Waals surface area contributed by atoms with Crippen molar-refractivity contribution in [1.29, 1.82) is 0 Å². The van der Waals surface area contributed by atoms with E-state index in [4.69, 9.17) is 0 Å². The number of nitrogens with one attached hydrogen (secondary N) is 2. The maximum atomic E-state index is 12.9. The molecule has 1 aromatic carbocycles. The van der Waals surface area contributed by atoms with Crippen LogP contribution in [-0.4, -0.2) is 44.1 Å². The monoisotopic (exact) mass is 506 g/mol.